The highest BCUT2D eigenvalue weighted by Gasteiger charge is 2.08. The lowest BCUT2D eigenvalue weighted by Crippen LogP contribution is -2.30. The lowest BCUT2D eigenvalue weighted by Gasteiger charge is -2.04. The molecule has 1 atom stereocenters. The number of carbonyl (C=O) groups excluding carboxylic acids is 1. The standard InChI is InChI=1S/C6H14N2O4S/c1-5(7)2-3-6(9)8-4-13(10,11)12/h5H,2-4,7H2,1H3,(H,8,9)(H,10,11,12)/t5-/m0/s1. The molecule has 7 heteroatoms. The van der Waals surface area contributed by atoms with E-state index < -0.39 is 21.9 Å². The van der Waals surface area contributed by atoms with Crippen LogP contribution in [0.3, 0.4) is 0 Å². The summed E-state index contributed by atoms with van der Waals surface area (Å²) < 4.78 is 28.7. The molecule has 0 bridgehead atoms. The first-order valence-corrected chi connectivity index (χ1v) is 5.39. The Morgan fingerprint density at radius 1 is 1.62 bits per heavy atom. The molecule has 4 N–H and O–H groups in total. The van der Waals surface area contributed by atoms with Crippen molar-refractivity contribution in [1.29, 1.82) is 0 Å². The van der Waals surface area contributed by atoms with Crippen molar-refractivity contribution in [2.24, 2.45) is 5.73 Å². The van der Waals surface area contributed by atoms with Gasteiger partial charge in [-0.2, -0.15) is 8.42 Å². The van der Waals surface area contributed by atoms with Crippen LogP contribution in [0.15, 0.2) is 0 Å². The van der Waals surface area contributed by atoms with Gasteiger partial charge in [0.2, 0.25) is 5.91 Å². The summed E-state index contributed by atoms with van der Waals surface area (Å²) in [6, 6.07) is -0.100. The predicted octanol–water partition coefficient (Wildman–Crippen LogP) is -0.925. The molecule has 0 heterocycles. The Bertz CT molecular complexity index is 260. The molecule has 0 fully saturated rings. The third-order valence-corrected chi connectivity index (χ3v) is 1.79. The molecule has 0 aliphatic heterocycles. The zero-order valence-electron chi connectivity index (χ0n) is 7.36. The SMILES string of the molecule is C[C@H](N)CCC(=O)NCS(=O)(=O)O. The number of nitrogens with one attached hydrogen (secondary N) is 1. The molecule has 0 spiro atoms. The summed E-state index contributed by atoms with van der Waals surface area (Å²) in [7, 11) is -4.12. The number of rotatable bonds is 5. The van der Waals surface area contributed by atoms with E-state index >= 15 is 0 Å². The van der Waals surface area contributed by atoms with E-state index in [1.54, 1.807) is 6.92 Å². The number of hydrogen-bond acceptors (Lipinski definition) is 4. The van der Waals surface area contributed by atoms with Crippen LogP contribution in [0.25, 0.3) is 0 Å². The van der Waals surface area contributed by atoms with Crippen molar-refractivity contribution < 1.29 is 17.8 Å². The summed E-state index contributed by atoms with van der Waals surface area (Å²) in [5, 5.41) is 2.05. The van der Waals surface area contributed by atoms with Gasteiger partial charge in [-0.15, -0.1) is 0 Å². The summed E-state index contributed by atoms with van der Waals surface area (Å²) >= 11 is 0. The number of hydrogen-bond donors (Lipinski definition) is 3. The first-order valence-electron chi connectivity index (χ1n) is 3.78. The second kappa shape index (κ2) is 5.15. The number of nitrogens with two attached hydrogens (primary N) is 1. The van der Waals surface area contributed by atoms with Gasteiger partial charge in [0, 0.05) is 12.5 Å². The predicted molar refractivity (Wildman–Crippen MR) is 47.4 cm³/mol. The normalized spacial score (nSPS) is 13.8. The van der Waals surface area contributed by atoms with E-state index in [0.717, 1.165) is 0 Å². The molecule has 0 aliphatic rings. The Hall–Kier alpha value is -0.660. The molecule has 0 aromatic rings. The fourth-order valence-electron chi connectivity index (χ4n) is 0.619. The van der Waals surface area contributed by atoms with Crippen molar-refractivity contribution in [2.45, 2.75) is 25.8 Å². The highest BCUT2D eigenvalue weighted by Crippen LogP contribution is 1.92. The third kappa shape index (κ3) is 9.25. The van der Waals surface area contributed by atoms with Crippen molar-refractivity contribution in [2.75, 3.05) is 5.88 Å². The Labute approximate surface area is 77.2 Å². The van der Waals surface area contributed by atoms with Gasteiger partial charge in [0.05, 0.1) is 0 Å². The second-order valence-electron chi connectivity index (χ2n) is 2.84. The lowest BCUT2D eigenvalue weighted by atomic mass is 10.2. The topological polar surface area (TPSA) is 109 Å². The first kappa shape index (κ1) is 12.3. The lowest BCUT2D eigenvalue weighted by molar-refractivity contribution is -0.120. The van der Waals surface area contributed by atoms with Crippen molar-refractivity contribution in [3.63, 3.8) is 0 Å². The minimum Gasteiger partial charge on any atom is -0.340 e. The van der Waals surface area contributed by atoms with Crippen LogP contribution < -0.4 is 11.1 Å². The fourth-order valence-corrected chi connectivity index (χ4v) is 0.962. The van der Waals surface area contributed by atoms with Crippen molar-refractivity contribution in [1.82, 2.24) is 5.32 Å². The van der Waals surface area contributed by atoms with Crippen molar-refractivity contribution in [3.8, 4) is 0 Å². The van der Waals surface area contributed by atoms with Crippen LogP contribution in [0.1, 0.15) is 19.8 Å². The van der Waals surface area contributed by atoms with Gasteiger partial charge in [0.1, 0.15) is 5.88 Å². The summed E-state index contributed by atoms with van der Waals surface area (Å²) in [4.78, 5) is 10.9. The van der Waals surface area contributed by atoms with E-state index in [-0.39, 0.29) is 12.5 Å². The van der Waals surface area contributed by atoms with E-state index in [0.29, 0.717) is 6.42 Å². The van der Waals surface area contributed by atoms with Gasteiger partial charge in [0.15, 0.2) is 0 Å². The highest BCUT2D eigenvalue weighted by molar-refractivity contribution is 7.85. The quantitative estimate of drug-likeness (QED) is 0.508. The van der Waals surface area contributed by atoms with Gasteiger partial charge >= 0.3 is 0 Å². The molecule has 0 saturated carbocycles. The van der Waals surface area contributed by atoms with Gasteiger partial charge in [-0.05, 0) is 13.3 Å². The maximum Gasteiger partial charge on any atom is 0.283 e. The molecule has 0 rings (SSSR count). The molecule has 0 radical (unpaired) electrons. The van der Waals surface area contributed by atoms with E-state index in [2.05, 4.69) is 0 Å². The maximum atomic E-state index is 10.9. The van der Waals surface area contributed by atoms with Crippen LogP contribution in [-0.2, 0) is 14.9 Å². The molecule has 0 aromatic carbocycles. The second-order valence-corrected chi connectivity index (χ2v) is 4.29. The van der Waals surface area contributed by atoms with Crippen LogP contribution in [0.2, 0.25) is 0 Å². The van der Waals surface area contributed by atoms with Crippen LogP contribution >= 0.6 is 0 Å². The molecule has 13 heavy (non-hydrogen) atoms. The van der Waals surface area contributed by atoms with Crippen LogP contribution in [0, 0.1) is 0 Å². The van der Waals surface area contributed by atoms with Crippen molar-refractivity contribution in [3.05, 3.63) is 0 Å². The Balaban J connectivity index is 3.65. The zero-order chi connectivity index (χ0) is 10.5. The Morgan fingerprint density at radius 2 is 2.15 bits per heavy atom. The largest absolute Gasteiger partial charge is 0.340 e. The number of carbonyl (C=O) groups is 1. The van der Waals surface area contributed by atoms with E-state index in [4.69, 9.17) is 10.3 Å². The fraction of sp³-hybridized carbons (Fsp3) is 0.833. The molecular formula is C6H14N2O4S. The first-order chi connectivity index (χ1) is 5.81. The summed E-state index contributed by atoms with van der Waals surface area (Å²) in [5.74, 6) is -1.18. The molecule has 0 aromatic heterocycles. The van der Waals surface area contributed by atoms with Crippen molar-refractivity contribution >= 4 is 16.0 Å². The number of amides is 1. The van der Waals surface area contributed by atoms with Crippen LogP contribution in [0.5, 0.6) is 0 Å². The van der Waals surface area contributed by atoms with E-state index in [9.17, 15) is 13.2 Å². The minimum absolute atomic E-state index is 0.100. The Morgan fingerprint density at radius 3 is 2.54 bits per heavy atom. The Kier molecular flexibility index (Phi) is 4.89. The molecule has 6 nitrogen and oxygen atoms in total. The van der Waals surface area contributed by atoms with E-state index in [1.807, 2.05) is 5.32 Å². The van der Waals surface area contributed by atoms with Gasteiger partial charge < -0.3 is 11.1 Å². The highest BCUT2D eigenvalue weighted by atomic mass is 32.2. The molecular weight excluding hydrogens is 196 g/mol. The van der Waals surface area contributed by atoms with Crippen LogP contribution in [-0.4, -0.2) is 30.8 Å². The summed E-state index contributed by atoms with van der Waals surface area (Å²) in [6.45, 7) is 1.75. The monoisotopic (exact) mass is 210 g/mol. The van der Waals surface area contributed by atoms with Gasteiger partial charge in [-0.1, -0.05) is 0 Å². The average Bonchev–Trinajstić information content (AvgIpc) is 1.95. The summed E-state index contributed by atoms with van der Waals surface area (Å²) in [5.41, 5.74) is 5.38. The molecule has 0 unspecified atom stereocenters. The molecule has 0 saturated heterocycles. The van der Waals surface area contributed by atoms with Gasteiger partial charge in [0.25, 0.3) is 10.1 Å². The van der Waals surface area contributed by atoms with Gasteiger partial charge in [-0.25, -0.2) is 0 Å². The van der Waals surface area contributed by atoms with Crippen LogP contribution in [0.4, 0.5) is 0 Å². The van der Waals surface area contributed by atoms with Gasteiger partial charge in [-0.3, -0.25) is 9.35 Å². The third-order valence-electron chi connectivity index (χ3n) is 1.28. The van der Waals surface area contributed by atoms with E-state index in [1.165, 1.54) is 0 Å². The smallest absolute Gasteiger partial charge is 0.283 e. The summed E-state index contributed by atoms with van der Waals surface area (Å²) in [6.07, 6.45) is 0.643. The maximum absolute atomic E-state index is 10.9. The zero-order valence-corrected chi connectivity index (χ0v) is 8.17. The molecule has 1 amide bonds. The molecule has 0 aliphatic carbocycles. The minimum atomic E-state index is -4.12. The average molecular weight is 210 g/mol. The molecule has 78 valence electrons.